The summed E-state index contributed by atoms with van der Waals surface area (Å²) in [7, 11) is 1.64. The van der Waals surface area contributed by atoms with Crippen LogP contribution in [-0.4, -0.2) is 47.2 Å². The van der Waals surface area contributed by atoms with Crippen molar-refractivity contribution < 1.29 is 28.6 Å². The molecule has 1 fully saturated rings. The molecule has 0 spiro atoms. The number of halogens is 1. The van der Waals surface area contributed by atoms with Crippen LogP contribution in [0, 0.1) is 17.2 Å². The maximum absolute atomic E-state index is 14.3. The number of carboxylic acid groups (broad SMARTS) is 1. The van der Waals surface area contributed by atoms with Gasteiger partial charge >= 0.3 is 5.97 Å². The third-order valence-corrected chi connectivity index (χ3v) is 8.45. The first-order chi connectivity index (χ1) is 20.6. The molecule has 4 rings (SSSR count). The molecule has 236 valence electrons. The predicted octanol–water partition coefficient (Wildman–Crippen LogP) is 6.76. The summed E-state index contributed by atoms with van der Waals surface area (Å²) in [5.74, 6) is -1.62. The summed E-state index contributed by atoms with van der Waals surface area (Å²) in [5, 5.41) is 14.4. The molecule has 1 aliphatic rings. The quantitative estimate of drug-likeness (QED) is 0.281. The molecule has 3 aromatic rings. The number of benzene rings is 3. The molecule has 7 nitrogen and oxygen atoms in total. The number of carbonyl (C=O) groups is 2. The van der Waals surface area contributed by atoms with Crippen LogP contribution in [-0.2, 0) is 21.5 Å². The minimum absolute atomic E-state index is 0.0790. The van der Waals surface area contributed by atoms with Crippen molar-refractivity contribution in [2.75, 3.05) is 7.11 Å². The van der Waals surface area contributed by atoms with E-state index in [4.69, 9.17) is 9.47 Å². The van der Waals surface area contributed by atoms with Gasteiger partial charge in [-0.2, -0.15) is 0 Å². The summed E-state index contributed by atoms with van der Waals surface area (Å²) in [6.07, 6.45) is -1.06. The van der Waals surface area contributed by atoms with Crippen LogP contribution in [0.5, 0.6) is 11.5 Å². The Morgan fingerprint density at radius 2 is 1.66 bits per heavy atom. The molecule has 2 N–H and O–H groups in total. The van der Waals surface area contributed by atoms with E-state index in [1.54, 1.807) is 20.1 Å². The number of likely N-dealkylation sites (tertiary alicyclic amines) is 1. The van der Waals surface area contributed by atoms with Crippen LogP contribution in [0.15, 0.2) is 72.8 Å². The van der Waals surface area contributed by atoms with Crippen LogP contribution in [0.1, 0.15) is 71.2 Å². The number of hydrogen-bond donors (Lipinski definition) is 2. The summed E-state index contributed by atoms with van der Waals surface area (Å²) < 4.78 is 25.5. The van der Waals surface area contributed by atoms with E-state index in [9.17, 15) is 19.1 Å². The van der Waals surface area contributed by atoms with Gasteiger partial charge in [0.25, 0.3) is 5.91 Å². The van der Waals surface area contributed by atoms with Crippen molar-refractivity contribution in [2.45, 2.75) is 84.7 Å². The van der Waals surface area contributed by atoms with Gasteiger partial charge in [-0.05, 0) is 47.1 Å². The first-order valence-corrected chi connectivity index (χ1v) is 15.1. The second-order valence-corrected chi connectivity index (χ2v) is 13.7. The zero-order valence-corrected chi connectivity index (χ0v) is 26.9. The highest BCUT2D eigenvalue weighted by atomic mass is 19.1. The van der Waals surface area contributed by atoms with Crippen LogP contribution in [0.4, 0.5) is 4.39 Å². The Balaban J connectivity index is 1.80. The fourth-order valence-corrected chi connectivity index (χ4v) is 6.34. The van der Waals surface area contributed by atoms with Gasteiger partial charge in [-0.15, -0.1) is 0 Å². The van der Waals surface area contributed by atoms with Gasteiger partial charge in [-0.3, -0.25) is 4.79 Å². The molecule has 44 heavy (non-hydrogen) atoms. The molecule has 1 unspecified atom stereocenters. The number of amides is 1. The van der Waals surface area contributed by atoms with Crippen molar-refractivity contribution in [1.29, 1.82) is 0 Å². The van der Waals surface area contributed by atoms with E-state index < -0.39 is 53.3 Å². The summed E-state index contributed by atoms with van der Waals surface area (Å²) in [5.41, 5.74) is 2.32. The standard InChI is InChI=1S/C36H45FN2O5/c1-22(44-27-16-12-15-26(37)20-27)33(40)39-31(23-13-10-9-11-14-23)30(29(36(5,6)7)32(39)34(41)42)38-21-24-19-25(35(2,3)4)17-18-28(24)43-8/h9-20,22,29-32,38H,21H2,1-8H3,(H,41,42)/t22?,29-,30-,31-,32-/m0/s1. The first kappa shape index (κ1) is 33.0. The zero-order chi connectivity index (χ0) is 32.4. The number of carboxylic acids is 1. The lowest BCUT2D eigenvalue weighted by Gasteiger charge is -2.35. The molecule has 1 heterocycles. The van der Waals surface area contributed by atoms with Crippen molar-refractivity contribution in [3.05, 3.63) is 95.3 Å². The van der Waals surface area contributed by atoms with E-state index in [0.717, 1.165) is 22.4 Å². The summed E-state index contributed by atoms with van der Waals surface area (Å²) in [4.78, 5) is 28.9. The normalized spacial score (nSPS) is 21.2. The Hall–Kier alpha value is -3.91. The Labute approximate surface area is 260 Å². The predicted molar refractivity (Wildman–Crippen MR) is 169 cm³/mol. The van der Waals surface area contributed by atoms with Crippen molar-refractivity contribution >= 4 is 11.9 Å². The van der Waals surface area contributed by atoms with Gasteiger partial charge in [-0.25, -0.2) is 9.18 Å². The minimum Gasteiger partial charge on any atom is -0.496 e. The molecule has 3 aromatic carbocycles. The van der Waals surface area contributed by atoms with E-state index in [0.29, 0.717) is 6.54 Å². The highest BCUT2D eigenvalue weighted by Gasteiger charge is 2.58. The topological polar surface area (TPSA) is 88.1 Å². The minimum atomic E-state index is -1.15. The van der Waals surface area contributed by atoms with Crippen LogP contribution < -0.4 is 14.8 Å². The number of aliphatic carboxylic acids is 1. The largest absolute Gasteiger partial charge is 0.496 e. The van der Waals surface area contributed by atoms with Gasteiger partial charge in [0.2, 0.25) is 0 Å². The third kappa shape index (κ3) is 7.07. The lowest BCUT2D eigenvalue weighted by atomic mass is 9.72. The highest BCUT2D eigenvalue weighted by molar-refractivity contribution is 5.88. The van der Waals surface area contributed by atoms with Gasteiger partial charge < -0.3 is 24.8 Å². The summed E-state index contributed by atoms with van der Waals surface area (Å²) >= 11 is 0. The number of nitrogens with one attached hydrogen (secondary N) is 1. The number of carbonyl (C=O) groups excluding carboxylic acids is 1. The summed E-state index contributed by atoms with van der Waals surface area (Å²) in [6, 6.07) is 19.0. The lowest BCUT2D eigenvalue weighted by Crippen LogP contribution is -2.50. The van der Waals surface area contributed by atoms with E-state index in [1.165, 1.54) is 23.1 Å². The molecule has 8 heteroatoms. The number of ether oxygens (including phenoxy) is 2. The van der Waals surface area contributed by atoms with Crippen molar-refractivity contribution in [2.24, 2.45) is 11.3 Å². The molecule has 0 aromatic heterocycles. The monoisotopic (exact) mass is 604 g/mol. The highest BCUT2D eigenvalue weighted by Crippen LogP contribution is 2.48. The van der Waals surface area contributed by atoms with Gasteiger partial charge in [0.05, 0.1) is 13.2 Å². The maximum atomic E-state index is 14.3. The average Bonchev–Trinajstić information content (AvgIpc) is 3.31. The molecular weight excluding hydrogens is 559 g/mol. The fourth-order valence-electron chi connectivity index (χ4n) is 6.34. The number of rotatable bonds is 9. The number of methoxy groups -OCH3 is 1. The molecule has 1 aliphatic heterocycles. The van der Waals surface area contributed by atoms with Crippen LogP contribution in [0.3, 0.4) is 0 Å². The Kier molecular flexibility index (Phi) is 9.74. The zero-order valence-electron chi connectivity index (χ0n) is 26.9. The van der Waals surface area contributed by atoms with Gasteiger partial charge in [0.15, 0.2) is 6.10 Å². The van der Waals surface area contributed by atoms with Crippen molar-refractivity contribution in [3.63, 3.8) is 0 Å². The van der Waals surface area contributed by atoms with E-state index in [1.807, 2.05) is 57.2 Å². The van der Waals surface area contributed by atoms with Gasteiger partial charge in [0, 0.05) is 30.1 Å². The first-order valence-electron chi connectivity index (χ1n) is 15.1. The smallest absolute Gasteiger partial charge is 0.326 e. The molecule has 1 saturated heterocycles. The Bertz CT molecular complexity index is 1460. The number of nitrogens with zero attached hydrogens (tertiary/aromatic N) is 1. The van der Waals surface area contributed by atoms with E-state index >= 15 is 0 Å². The third-order valence-electron chi connectivity index (χ3n) is 8.45. The van der Waals surface area contributed by atoms with Crippen molar-refractivity contribution in [3.8, 4) is 11.5 Å². The average molecular weight is 605 g/mol. The molecule has 5 atom stereocenters. The lowest BCUT2D eigenvalue weighted by molar-refractivity contribution is -0.155. The fraction of sp³-hybridized carbons (Fsp3) is 0.444. The maximum Gasteiger partial charge on any atom is 0.326 e. The molecular formula is C36H45FN2O5. The molecule has 0 bridgehead atoms. The van der Waals surface area contributed by atoms with Gasteiger partial charge in [0.1, 0.15) is 23.4 Å². The molecule has 1 amide bonds. The Morgan fingerprint density at radius 1 is 0.977 bits per heavy atom. The van der Waals surface area contributed by atoms with E-state index in [2.05, 4.69) is 38.2 Å². The molecule has 0 radical (unpaired) electrons. The second-order valence-electron chi connectivity index (χ2n) is 13.7. The summed E-state index contributed by atoms with van der Waals surface area (Å²) in [6.45, 7) is 14.4. The van der Waals surface area contributed by atoms with Crippen LogP contribution in [0.2, 0.25) is 0 Å². The second kappa shape index (κ2) is 13.0. The Morgan fingerprint density at radius 3 is 2.23 bits per heavy atom. The SMILES string of the molecule is COc1ccc(C(C)(C)C)cc1CN[C@H]1[C@H](C(C)(C)C)[C@@H](C(=O)O)N(C(=O)C(C)Oc2cccc(F)c2)[C@H]1c1ccccc1. The van der Waals surface area contributed by atoms with Gasteiger partial charge in [-0.1, -0.05) is 90.1 Å². The van der Waals surface area contributed by atoms with Crippen LogP contribution >= 0.6 is 0 Å². The van der Waals surface area contributed by atoms with Crippen molar-refractivity contribution in [1.82, 2.24) is 10.2 Å². The van der Waals surface area contributed by atoms with Crippen LogP contribution in [0.25, 0.3) is 0 Å². The number of hydrogen-bond acceptors (Lipinski definition) is 5. The molecule has 0 saturated carbocycles. The molecule has 0 aliphatic carbocycles. The van der Waals surface area contributed by atoms with E-state index in [-0.39, 0.29) is 11.2 Å².